The van der Waals surface area contributed by atoms with Crippen molar-refractivity contribution < 1.29 is 22.7 Å². The number of carbonyl (C=O) groups is 1. The second-order valence-electron chi connectivity index (χ2n) is 7.69. The first kappa shape index (κ1) is 20.5. The highest BCUT2D eigenvalue weighted by atomic mass is 19.4. The van der Waals surface area contributed by atoms with Crippen molar-refractivity contribution in [2.75, 3.05) is 42.5 Å². The van der Waals surface area contributed by atoms with Crippen LogP contribution < -0.4 is 14.5 Å². The summed E-state index contributed by atoms with van der Waals surface area (Å²) in [6.07, 6.45) is -3.89. The third-order valence-electron chi connectivity index (χ3n) is 5.71. The van der Waals surface area contributed by atoms with E-state index in [0.717, 1.165) is 36.4 Å². The van der Waals surface area contributed by atoms with Gasteiger partial charge in [-0.2, -0.15) is 0 Å². The lowest BCUT2D eigenvalue weighted by Gasteiger charge is -2.38. The van der Waals surface area contributed by atoms with Crippen molar-refractivity contribution in [3.63, 3.8) is 0 Å². The Labute approximate surface area is 173 Å². The van der Waals surface area contributed by atoms with Gasteiger partial charge in [-0.05, 0) is 49.7 Å². The zero-order valence-corrected chi connectivity index (χ0v) is 16.7. The van der Waals surface area contributed by atoms with Crippen LogP contribution in [0.1, 0.15) is 12.0 Å². The average molecular weight is 419 g/mol. The number of anilines is 2. The smallest absolute Gasteiger partial charge is 0.406 e. The van der Waals surface area contributed by atoms with E-state index in [1.54, 1.807) is 12.1 Å². The van der Waals surface area contributed by atoms with Crippen LogP contribution in [-0.2, 0) is 4.79 Å². The van der Waals surface area contributed by atoms with Gasteiger partial charge >= 0.3 is 6.36 Å². The van der Waals surface area contributed by atoms with Crippen LogP contribution in [0.5, 0.6) is 5.75 Å². The first-order valence-electron chi connectivity index (χ1n) is 10.0. The van der Waals surface area contributed by atoms with E-state index >= 15 is 0 Å². The second kappa shape index (κ2) is 8.18. The molecule has 2 aliphatic rings. The molecule has 2 aliphatic heterocycles. The lowest BCUT2D eigenvalue weighted by Crippen LogP contribution is -2.52. The molecule has 0 aromatic heterocycles. The monoisotopic (exact) mass is 419 g/mol. The Morgan fingerprint density at radius 1 is 0.867 bits per heavy atom. The molecule has 0 bridgehead atoms. The van der Waals surface area contributed by atoms with Gasteiger partial charge in [-0.15, -0.1) is 13.2 Å². The molecule has 0 saturated carbocycles. The number of nitrogens with zero attached hydrogens (tertiary/aromatic N) is 3. The molecule has 0 spiro atoms. The summed E-state index contributed by atoms with van der Waals surface area (Å²) >= 11 is 0. The normalized spacial score (nSPS) is 20.7. The number of ether oxygens (including phenoxy) is 1. The van der Waals surface area contributed by atoms with Crippen LogP contribution in [0.25, 0.3) is 0 Å². The third kappa shape index (κ3) is 4.53. The number of hydrogen-bond acceptors (Lipinski definition) is 4. The molecule has 1 atom stereocenters. The van der Waals surface area contributed by atoms with Crippen LogP contribution in [-0.4, -0.2) is 55.9 Å². The summed E-state index contributed by atoms with van der Waals surface area (Å²) in [4.78, 5) is 19.1. The van der Waals surface area contributed by atoms with Gasteiger partial charge in [-0.25, -0.2) is 0 Å². The molecule has 2 aromatic carbocycles. The van der Waals surface area contributed by atoms with Crippen molar-refractivity contribution in [2.24, 2.45) is 0 Å². The maximum absolute atomic E-state index is 13.0. The number of alkyl halides is 3. The fourth-order valence-electron chi connectivity index (χ4n) is 4.14. The molecule has 4 rings (SSSR count). The quantitative estimate of drug-likeness (QED) is 0.755. The predicted octanol–water partition coefficient (Wildman–Crippen LogP) is 3.82. The molecule has 2 aromatic rings. The van der Waals surface area contributed by atoms with Crippen molar-refractivity contribution in [1.29, 1.82) is 0 Å². The van der Waals surface area contributed by atoms with Crippen molar-refractivity contribution >= 4 is 17.3 Å². The first-order chi connectivity index (χ1) is 14.3. The molecule has 2 heterocycles. The van der Waals surface area contributed by atoms with Crippen molar-refractivity contribution in [2.45, 2.75) is 25.7 Å². The van der Waals surface area contributed by atoms with Gasteiger partial charge in [0.2, 0.25) is 5.91 Å². The highest BCUT2D eigenvalue weighted by Crippen LogP contribution is 2.28. The summed E-state index contributed by atoms with van der Waals surface area (Å²) in [6, 6.07) is 13.8. The van der Waals surface area contributed by atoms with Gasteiger partial charge in [-0.1, -0.05) is 17.7 Å². The predicted molar refractivity (Wildman–Crippen MR) is 109 cm³/mol. The molecule has 8 heteroatoms. The van der Waals surface area contributed by atoms with E-state index in [1.807, 2.05) is 36.1 Å². The van der Waals surface area contributed by atoms with E-state index in [0.29, 0.717) is 19.6 Å². The molecule has 0 N–H and O–H groups in total. The summed E-state index contributed by atoms with van der Waals surface area (Å²) in [7, 11) is 0. The van der Waals surface area contributed by atoms with Crippen LogP contribution in [0.3, 0.4) is 0 Å². The maximum Gasteiger partial charge on any atom is 0.573 e. The molecular weight excluding hydrogens is 395 g/mol. The Hall–Kier alpha value is -2.74. The number of carbonyl (C=O) groups excluding carboxylic acids is 1. The number of rotatable bonds is 4. The van der Waals surface area contributed by atoms with Crippen LogP contribution in [0, 0.1) is 6.92 Å². The van der Waals surface area contributed by atoms with Crippen molar-refractivity contribution in [3.05, 3.63) is 54.1 Å². The summed E-state index contributed by atoms with van der Waals surface area (Å²) < 4.78 is 40.8. The van der Waals surface area contributed by atoms with E-state index < -0.39 is 6.36 Å². The minimum Gasteiger partial charge on any atom is -0.406 e. The second-order valence-corrected chi connectivity index (χ2v) is 7.69. The zero-order valence-electron chi connectivity index (χ0n) is 16.7. The topological polar surface area (TPSA) is 36.0 Å². The number of hydrogen-bond donors (Lipinski definition) is 0. The summed E-state index contributed by atoms with van der Waals surface area (Å²) in [6.45, 7) is 5.64. The zero-order chi connectivity index (χ0) is 21.3. The van der Waals surface area contributed by atoms with Crippen LogP contribution in [0.2, 0.25) is 0 Å². The molecule has 1 amide bonds. The summed E-state index contributed by atoms with van der Waals surface area (Å²) in [5.74, 6) is -0.0846. The summed E-state index contributed by atoms with van der Waals surface area (Å²) in [5.41, 5.74) is 2.95. The molecule has 30 heavy (non-hydrogen) atoms. The molecule has 1 unspecified atom stereocenters. The number of aryl methyl sites for hydroxylation is 1. The van der Waals surface area contributed by atoms with Gasteiger partial charge in [0, 0.05) is 44.1 Å². The van der Waals surface area contributed by atoms with Gasteiger partial charge in [0.05, 0.1) is 6.04 Å². The minimum absolute atomic E-state index is 0.115. The van der Waals surface area contributed by atoms with E-state index in [2.05, 4.69) is 14.5 Å². The molecule has 2 fully saturated rings. The summed E-state index contributed by atoms with van der Waals surface area (Å²) in [5, 5.41) is 0. The van der Waals surface area contributed by atoms with Crippen LogP contribution >= 0.6 is 0 Å². The molecule has 0 radical (unpaired) electrons. The van der Waals surface area contributed by atoms with Gasteiger partial charge in [0.25, 0.3) is 0 Å². The highest BCUT2D eigenvalue weighted by Gasteiger charge is 2.37. The Kier molecular flexibility index (Phi) is 5.60. The number of benzene rings is 2. The molecule has 5 nitrogen and oxygen atoms in total. The Morgan fingerprint density at radius 3 is 2.07 bits per heavy atom. The molecule has 2 saturated heterocycles. The Morgan fingerprint density at radius 2 is 1.47 bits per heavy atom. The van der Waals surface area contributed by atoms with E-state index in [1.165, 1.54) is 12.1 Å². The van der Waals surface area contributed by atoms with E-state index in [-0.39, 0.29) is 17.7 Å². The first-order valence-corrected chi connectivity index (χ1v) is 10.0. The van der Waals surface area contributed by atoms with Gasteiger partial charge < -0.3 is 14.5 Å². The lowest BCUT2D eigenvalue weighted by atomic mass is 10.1. The lowest BCUT2D eigenvalue weighted by molar-refractivity contribution is -0.274. The Bertz CT molecular complexity index is 876. The highest BCUT2D eigenvalue weighted by molar-refractivity contribution is 5.99. The fraction of sp³-hybridized carbons (Fsp3) is 0.409. The molecule has 160 valence electrons. The third-order valence-corrected chi connectivity index (χ3v) is 5.71. The van der Waals surface area contributed by atoms with Crippen molar-refractivity contribution in [1.82, 2.24) is 4.90 Å². The minimum atomic E-state index is -4.69. The molecular formula is C22H24F3N3O2. The number of halogens is 3. The maximum atomic E-state index is 13.0. The van der Waals surface area contributed by atoms with Crippen LogP contribution in [0.15, 0.2) is 48.5 Å². The number of piperazine rings is 1. The standard InChI is InChI=1S/C22H24F3N3O2/c1-16-2-4-18(5-3-16)28-11-10-20(21(28)29)27-14-12-26(13-15-27)17-6-8-19(9-7-17)30-22(23,24)25/h2-9,20H,10-15H2,1H3. The van der Waals surface area contributed by atoms with Crippen molar-refractivity contribution in [3.8, 4) is 5.75 Å². The van der Waals surface area contributed by atoms with Gasteiger partial charge in [-0.3, -0.25) is 9.69 Å². The van der Waals surface area contributed by atoms with E-state index in [9.17, 15) is 18.0 Å². The molecule has 0 aliphatic carbocycles. The van der Waals surface area contributed by atoms with Gasteiger partial charge in [0.1, 0.15) is 5.75 Å². The largest absolute Gasteiger partial charge is 0.573 e. The fourth-order valence-corrected chi connectivity index (χ4v) is 4.14. The number of amides is 1. The Balaban J connectivity index is 1.33. The average Bonchev–Trinajstić information content (AvgIpc) is 3.09. The van der Waals surface area contributed by atoms with E-state index in [4.69, 9.17) is 0 Å². The SMILES string of the molecule is Cc1ccc(N2CCC(N3CCN(c4ccc(OC(F)(F)F)cc4)CC3)C2=O)cc1. The van der Waals surface area contributed by atoms with Gasteiger partial charge in [0.15, 0.2) is 0 Å². The van der Waals surface area contributed by atoms with Crippen LogP contribution in [0.4, 0.5) is 24.5 Å².